The fourth-order valence-electron chi connectivity index (χ4n) is 2.54. The van der Waals surface area contributed by atoms with Gasteiger partial charge in [-0.1, -0.05) is 24.6 Å². The van der Waals surface area contributed by atoms with Crippen molar-refractivity contribution < 1.29 is 4.79 Å². The second-order valence-electron chi connectivity index (χ2n) is 5.32. The molecule has 1 saturated carbocycles. The van der Waals surface area contributed by atoms with Crippen LogP contribution in [0.2, 0.25) is 0 Å². The van der Waals surface area contributed by atoms with E-state index >= 15 is 0 Å². The number of nitrogens with zero attached hydrogens (tertiary/aromatic N) is 1. The maximum absolute atomic E-state index is 12.5. The van der Waals surface area contributed by atoms with Crippen LogP contribution >= 0.6 is 11.3 Å². The van der Waals surface area contributed by atoms with Crippen LogP contribution < -0.4 is 5.73 Å². The molecule has 3 nitrogen and oxygen atoms in total. The number of hydrogen-bond acceptors (Lipinski definition) is 3. The molecular formula is C15H18N2OS. The van der Waals surface area contributed by atoms with E-state index < -0.39 is 0 Å². The summed E-state index contributed by atoms with van der Waals surface area (Å²) in [5.74, 6) is 0.746. The van der Waals surface area contributed by atoms with Gasteiger partial charge in [0, 0.05) is 23.7 Å². The highest BCUT2D eigenvalue weighted by molar-refractivity contribution is 7.21. The molecule has 1 aromatic heterocycles. The molecule has 1 amide bonds. The number of amides is 1. The van der Waals surface area contributed by atoms with Crippen LogP contribution in [0.4, 0.5) is 5.69 Å². The minimum Gasteiger partial charge on any atom is -0.397 e. The summed E-state index contributed by atoms with van der Waals surface area (Å²) in [6.07, 6.45) is 3.80. The maximum Gasteiger partial charge on any atom is 0.265 e. The quantitative estimate of drug-likeness (QED) is 0.933. The summed E-state index contributed by atoms with van der Waals surface area (Å²) < 4.78 is 1.08. The molecule has 1 heterocycles. The summed E-state index contributed by atoms with van der Waals surface area (Å²) >= 11 is 1.50. The predicted molar refractivity (Wildman–Crippen MR) is 80.5 cm³/mol. The van der Waals surface area contributed by atoms with Crippen molar-refractivity contribution in [3.8, 4) is 0 Å². The maximum atomic E-state index is 12.5. The predicted octanol–water partition coefficient (Wildman–Crippen LogP) is 3.36. The number of nitrogens with two attached hydrogens (primary N) is 1. The zero-order chi connectivity index (χ0) is 13.4. The monoisotopic (exact) mass is 274 g/mol. The highest BCUT2D eigenvalue weighted by atomic mass is 32.1. The fourth-order valence-corrected chi connectivity index (χ4v) is 3.66. The number of carbonyl (C=O) groups is 1. The largest absolute Gasteiger partial charge is 0.397 e. The first kappa shape index (κ1) is 12.5. The third kappa shape index (κ3) is 2.21. The van der Waals surface area contributed by atoms with Crippen LogP contribution in [0, 0.1) is 5.92 Å². The number of nitrogen functional groups attached to an aromatic ring is 1. The van der Waals surface area contributed by atoms with Crippen molar-refractivity contribution in [2.75, 3.05) is 19.3 Å². The number of carbonyl (C=O) groups excluding carboxylic acids is 1. The van der Waals surface area contributed by atoms with Crippen LogP contribution in [0.15, 0.2) is 24.3 Å². The van der Waals surface area contributed by atoms with E-state index in [-0.39, 0.29) is 5.91 Å². The molecule has 0 unspecified atom stereocenters. The molecule has 2 aromatic rings. The van der Waals surface area contributed by atoms with E-state index in [1.165, 1.54) is 30.6 Å². The van der Waals surface area contributed by atoms with Crippen LogP contribution in [0.5, 0.6) is 0 Å². The Hall–Kier alpha value is -1.55. The average molecular weight is 274 g/mol. The molecule has 0 aliphatic heterocycles. The lowest BCUT2D eigenvalue weighted by Crippen LogP contribution is -2.34. The van der Waals surface area contributed by atoms with Crippen molar-refractivity contribution in [3.63, 3.8) is 0 Å². The first-order valence-corrected chi connectivity index (χ1v) is 7.51. The Labute approximate surface area is 117 Å². The van der Waals surface area contributed by atoms with Crippen LogP contribution in [-0.2, 0) is 0 Å². The van der Waals surface area contributed by atoms with Gasteiger partial charge in [-0.15, -0.1) is 11.3 Å². The van der Waals surface area contributed by atoms with Crippen molar-refractivity contribution in [2.24, 2.45) is 5.92 Å². The van der Waals surface area contributed by atoms with Gasteiger partial charge in [0.1, 0.15) is 4.88 Å². The number of hydrogen-bond donors (Lipinski definition) is 1. The van der Waals surface area contributed by atoms with Crippen molar-refractivity contribution in [3.05, 3.63) is 29.1 Å². The van der Waals surface area contributed by atoms with Gasteiger partial charge in [0.2, 0.25) is 0 Å². The number of rotatable bonds is 3. The summed E-state index contributed by atoms with van der Waals surface area (Å²) in [6.45, 7) is 0.854. The van der Waals surface area contributed by atoms with Gasteiger partial charge in [0.05, 0.1) is 5.69 Å². The van der Waals surface area contributed by atoms with E-state index in [2.05, 4.69) is 0 Å². The van der Waals surface area contributed by atoms with Crippen molar-refractivity contribution in [1.29, 1.82) is 0 Å². The number of benzene rings is 1. The van der Waals surface area contributed by atoms with Crippen molar-refractivity contribution in [1.82, 2.24) is 4.90 Å². The molecule has 4 heteroatoms. The number of thiophene rings is 1. The zero-order valence-electron chi connectivity index (χ0n) is 11.1. The Morgan fingerprint density at radius 2 is 2.16 bits per heavy atom. The summed E-state index contributed by atoms with van der Waals surface area (Å²) in [5.41, 5.74) is 6.75. The minimum atomic E-state index is 0.0607. The summed E-state index contributed by atoms with van der Waals surface area (Å²) in [4.78, 5) is 15.0. The molecule has 19 heavy (non-hydrogen) atoms. The lowest BCUT2D eigenvalue weighted by Gasteiger charge is -2.30. The summed E-state index contributed by atoms with van der Waals surface area (Å²) in [5, 5.41) is 0.993. The molecule has 1 aromatic carbocycles. The molecule has 2 N–H and O–H groups in total. The standard InChI is InChI=1S/C15H18N2OS/c1-17(9-10-5-4-6-10)15(18)14-13(16)11-7-2-3-8-12(11)19-14/h2-3,7-8,10H,4-6,9,16H2,1H3. The molecule has 0 bridgehead atoms. The van der Waals surface area contributed by atoms with E-state index in [1.54, 1.807) is 0 Å². The Bertz CT molecular complexity index is 616. The van der Waals surface area contributed by atoms with Gasteiger partial charge in [-0.2, -0.15) is 0 Å². The highest BCUT2D eigenvalue weighted by Crippen LogP contribution is 2.34. The van der Waals surface area contributed by atoms with Gasteiger partial charge >= 0.3 is 0 Å². The number of fused-ring (bicyclic) bond motifs is 1. The first-order chi connectivity index (χ1) is 9.16. The van der Waals surface area contributed by atoms with E-state index in [0.29, 0.717) is 16.5 Å². The minimum absolute atomic E-state index is 0.0607. The van der Waals surface area contributed by atoms with Crippen molar-refractivity contribution >= 4 is 33.0 Å². The highest BCUT2D eigenvalue weighted by Gasteiger charge is 2.24. The van der Waals surface area contributed by atoms with E-state index in [4.69, 9.17) is 5.73 Å². The van der Waals surface area contributed by atoms with E-state index in [9.17, 15) is 4.79 Å². The first-order valence-electron chi connectivity index (χ1n) is 6.69. The molecule has 0 radical (unpaired) electrons. The van der Waals surface area contributed by atoms with Crippen LogP contribution in [0.3, 0.4) is 0 Å². The third-order valence-corrected chi connectivity index (χ3v) is 5.11. The molecule has 100 valence electrons. The van der Waals surface area contributed by atoms with Gasteiger partial charge in [0.25, 0.3) is 5.91 Å². The van der Waals surface area contributed by atoms with Crippen LogP contribution in [0.1, 0.15) is 28.9 Å². The Kier molecular flexibility index (Phi) is 3.19. The third-order valence-electron chi connectivity index (χ3n) is 3.93. The lowest BCUT2D eigenvalue weighted by atomic mass is 9.85. The molecule has 1 aliphatic carbocycles. The van der Waals surface area contributed by atoms with Gasteiger partial charge in [-0.05, 0) is 24.8 Å². The fraction of sp³-hybridized carbons (Fsp3) is 0.400. The second-order valence-corrected chi connectivity index (χ2v) is 6.38. The van der Waals surface area contributed by atoms with E-state index in [0.717, 1.165) is 16.6 Å². The Morgan fingerprint density at radius 3 is 2.79 bits per heavy atom. The smallest absolute Gasteiger partial charge is 0.265 e. The zero-order valence-corrected chi connectivity index (χ0v) is 11.9. The van der Waals surface area contributed by atoms with E-state index in [1.807, 2.05) is 36.2 Å². The lowest BCUT2D eigenvalue weighted by molar-refractivity contribution is 0.0751. The molecule has 0 atom stereocenters. The average Bonchev–Trinajstić information content (AvgIpc) is 2.71. The second kappa shape index (κ2) is 4.85. The number of anilines is 1. The molecule has 3 rings (SSSR count). The molecule has 1 aliphatic rings. The van der Waals surface area contributed by atoms with Crippen LogP contribution in [0.25, 0.3) is 10.1 Å². The molecule has 0 spiro atoms. The van der Waals surface area contributed by atoms with Gasteiger partial charge in [-0.3, -0.25) is 4.79 Å². The molecule has 0 saturated heterocycles. The summed E-state index contributed by atoms with van der Waals surface area (Å²) in [6, 6.07) is 7.92. The Balaban J connectivity index is 1.86. The molecule has 1 fully saturated rings. The van der Waals surface area contributed by atoms with Crippen LogP contribution in [-0.4, -0.2) is 24.4 Å². The van der Waals surface area contributed by atoms with Gasteiger partial charge in [0.15, 0.2) is 0 Å². The topological polar surface area (TPSA) is 46.3 Å². The summed E-state index contributed by atoms with van der Waals surface area (Å²) in [7, 11) is 1.88. The Morgan fingerprint density at radius 1 is 1.42 bits per heavy atom. The molecular weight excluding hydrogens is 256 g/mol. The van der Waals surface area contributed by atoms with Gasteiger partial charge < -0.3 is 10.6 Å². The normalized spacial score (nSPS) is 15.4. The van der Waals surface area contributed by atoms with Crippen molar-refractivity contribution in [2.45, 2.75) is 19.3 Å². The SMILES string of the molecule is CN(CC1CCC1)C(=O)c1sc2ccccc2c1N. The van der Waals surface area contributed by atoms with Gasteiger partial charge in [-0.25, -0.2) is 0 Å².